The molecule has 2 unspecified atom stereocenters. The van der Waals surface area contributed by atoms with Crippen molar-refractivity contribution in [2.45, 2.75) is 25.5 Å². The molecule has 1 aromatic rings. The standard InChI is InChI=1S/C15H23ClN2O/c1-12(9-13-3-5-14(16)6-4-13)18-7-8-19-15(11-18)10-17-2/h3-6,12,15,17H,7-11H2,1-2H3. The Balaban J connectivity index is 1.88. The Morgan fingerprint density at radius 1 is 1.42 bits per heavy atom. The molecule has 1 saturated heterocycles. The number of hydrogen-bond acceptors (Lipinski definition) is 3. The first kappa shape index (κ1) is 14.8. The van der Waals surface area contributed by atoms with Gasteiger partial charge in [-0.05, 0) is 38.1 Å². The summed E-state index contributed by atoms with van der Waals surface area (Å²) < 4.78 is 5.74. The van der Waals surface area contributed by atoms with Crippen LogP contribution in [0.1, 0.15) is 12.5 Å². The van der Waals surface area contributed by atoms with Crippen molar-refractivity contribution < 1.29 is 4.74 Å². The average molecular weight is 283 g/mol. The van der Waals surface area contributed by atoms with Crippen LogP contribution in [0.4, 0.5) is 0 Å². The Bertz CT molecular complexity index is 380. The smallest absolute Gasteiger partial charge is 0.0826 e. The van der Waals surface area contributed by atoms with Gasteiger partial charge in [0.1, 0.15) is 0 Å². The predicted octanol–water partition coefficient (Wildman–Crippen LogP) is 2.19. The van der Waals surface area contributed by atoms with Gasteiger partial charge in [-0.2, -0.15) is 0 Å². The molecule has 1 fully saturated rings. The number of benzene rings is 1. The van der Waals surface area contributed by atoms with Crippen LogP contribution in [0.15, 0.2) is 24.3 Å². The van der Waals surface area contributed by atoms with Crippen molar-refractivity contribution in [2.75, 3.05) is 33.3 Å². The maximum atomic E-state index is 5.92. The minimum atomic E-state index is 0.311. The molecule has 2 rings (SSSR count). The van der Waals surface area contributed by atoms with E-state index in [1.54, 1.807) is 0 Å². The van der Waals surface area contributed by atoms with Gasteiger partial charge in [-0.3, -0.25) is 4.90 Å². The van der Waals surface area contributed by atoms with Gasteiger partial charge in [0.15, 0.2) is 0 Å². The van der Waals surface area contributed by atoms with Crippen LogP contribution in [0.3, 0.4) is 0 Å². The van der Waals surface area contributed by atoms with Gasteiger partial charge in [0.2, 0.25) is 0 Å². The highest BCUT2D eigenvalue weighted by molar-refractivity contribution is 6.30. The van der Waals surface area contributed by atoms with Crippen LogP contribution in [0.2, 0.25) is 5.02 Å². The SMILES string of the molecule is CNCC1CN(C(C)Cc2ccc(Cl)cc2)CCO1. The lowest BCUT2D eigenvalue weighted by atomic mass is 10.1. The van der Waals surface area contributed by atoms with Gasteiger partial charge < -0.3 is 10.1 Å². The average Bonchev–Trinajstić information content (AvgIpc) is 2.42. The van der Waals surface area contributed by atoms with Crippen LogP contribution in [-0.2, 0) is 11.2 Å². The monoisotopic (exact) mass is 282 g/mol. The highest BCUT2D eigenvalue weighted by atomic mass is 35.5. The van der Waals surface area contributed by atoms with E-state index in [1.807, 2.05) is 19.2 Å². The summed E-state index contributed by atoms with van der Waals surface area (Å²) in [5.74, 6) is 0. The molecular weight excluding hydrogens is 260 g/mol. The first-order valence-electron chi connectivity index (χ1n) is 6.93. The van der Waals surface area contributed by atoms with Crippen LogP contribution in [0.25, 0.3) is 0 Å². The van der Waals surface area contributed by atoms with Gasteiger partial charge in [-0.1, -0.05) is 23.7 Å². The Morgan fingerprint density at radius 3 is 2.84 bits per heavy atom. The summed E-state index contributed by atoms with van der Waals surface area (Å²) in [6.45, 7) is 6.07. The molecule has 0 spiro atoms. The second-order valence-electron chi connectivity index (χ2n) is 5.23. The molecule has 19 heavy (non-hydrogen) atoms. The lowest BCUT2D eigenvalue weighted by Crippen LogP contribution is -2.50. The zero-order valence-corrected chi connectivity index (χ0v) is 12.5. The zero-order valence-electron chi connectivity index (χ0n) is 11.7. The molecule has 2 atom stereocenters. The first-order chi connectivity index (χ1) is 9.19. The van der Waals surface area contributed by atoms with E-state index in [9.17, 15) is 0 Å². The molecule has 1 heterocycles. The van der Waals surface area contributed by atoms with Gasteiger partial charge >= 0.3 is 0 Å². The van der Waals surface area contributed by atoms with Crippen molar-refractivity contribution in [1.82, 2.24) is 10.2 Å². The molecule has 0 bridgehead atoms. The first-order valence-corrected chi connectivity index (χ1v) is 7.31. The lowest BCUT2D eigenvalue weighted by molar-refractivity contribution is -0.0386. The molecule has 1 aliphatic heterocycles. The summed E-state index contributed by atoms with van der Waals surface area (Å²) >= 11 is 5.92. The van der Waals surface area contributed by atoms with Crippen molar-refractivity contribution >= 4 is 11.6 Å². The van der Waals surface area contributed by atoms with Gasteiger partial charge in [-0.25, -0.2) is 0 Å². The Morgan fingerprint density at radius 2 is 2.16 bits per heavy atom. The maximum absolute atomic E-state index is 5.92. The van der Waals surface area contributed by atoms with Crippen LogP contribution in [-0.4, -0.2) is 50.3 Å². The number of nitrogens with one attached hydrogen (secondary N) is 1. The van der Waals surface area contributed by atoms with Gasteiger partial charge in [0.05, 0.1) is 12.7 Å². The molecule has 3 nitrogen and oxygen atoms in total. The number of hydrogen-bond donors (Lipinski definition) is 1. The predicted molar refractivity (Wildman–Crippen MR) is 79.9 cm³/mol. The molecule has 4 heteroatoms. The summed E-state index contributed by atoms with van der Waals surface area (Å²) in [5.41, 5.74) is 1.34. The van der Waals surface area contributed by atoms with E-state index in [0.717, 1.165) is 37.7 Å². The van der Waals surface area contributed by atoms with E-state index in [0.29, 0.717) is 12.1 Å². The normalized spacial score (nSPS) is 22.4. The zero-order chi connectivity index (χ0) is 13.7. The van der Waals surface area contributed by atoms with Crippen molar-refractivity contribution in [3.63, 3.8) is 0 Å². The van der Waals surface area contributed by atoms with Crippen molar-refractivity contribution in [1.29, 1.82) is 0 Å². The third-order valence-corrected chi connectivity index (χ3v) is 3.92. The summed E-state index contributed by atoms with van der Waals surface area (Å²) in [6.07, 6.45) is 1.37. The molecule has 1 aliphatic rings. The molecule has 1 N–H and O–H groups in total. The van der Waals surface area contributed by atoms with E-state index < -0.39 is 0 Å². The third kappa shape index (κ3) is 4.46. The number of morpholine rings is 1. The fourth-order valence-corrected chi connectivity index (χ4v) is 2.71. The Labute approximate surface area is 120 Å². The van der Waals surface area contributed by atoms with Crippen LogP contribution >= 0.6 is 11.6 Å². The fourth-order valence-electron chi connectivity index (χ4n) is 2.58. The van der Waals surface area contributed by atoms with Crippen molar-refractivity contribution in [3.8, 4) is 0 Å². The molecule has 1 aromatic carbocycles. The number of nitrogens with zero attached hydrogens (tertiary/aromatic N) is 1. The van der Waals surface area contributed by atoms with Crippen molar-refractivity contribution in [3.05, 3.63) is 34.9 Å². The van der Waals surface area contributed by atoms with E-state index in [4.69, 9.17) is 16.3 Å². The highest BCUT2D eigenvalue weighted by Gasteiger charge is 2.23. The number of rotatable bonds is 5. The van der Waals surface area contributed by atoms with Crippen LogP contribution < -0.4 is 5.32 Å². The number of likely N-dealkylation sites (N-methyl/N-ethyl adjacent to an activating group) is 1. The van der Waals surface area contributed by atoms with E-state index in [-0.39, 0.29) is 0 Å². The number of halogens is 1. The fraction of sp³-hybridized carbons (Fsp3) is 0.600. The Hall–Kier alpha value is -0.610. The largest absolute Gasteiger partial charge is 0.374 e. The highest BCUT2D eigenvalue weighted by Crippen LogP contribution is 2.15. The van der Waals surface area contributed by atoms with Gasteiger partial charge in [0.25, 0.3) is 0 Å². The summed E-state index contributed by atoms with van der Waals surface area (Å²) in [6, 6.07) is 8.69. The van der Waals surface area contributed by atoms with Crippen LogP contribution in [0, 0.1) is 0 Å². The summed E-state index contributed by atoms with van der Waals surface area (Å²) in [7, 11) is 1.97. The molecule has 0 aromatic heterocycles. The topological polar surface area (TPSA) is 24.5 Å². The second kappa shape index (κ2) is 7.25. The maximum Gasteiger partial charge on any atom is 0.0826 e. The second-order valence-corrected chi connectivity index (χ2v) is 5.66. The Kier molecular flexibility index (Phi) is 5.64. The minimum absolute atomic E-state index is 0.311. The number of ether oxygens (including phenoxy) is 1. The van der Waals surface area contributed by atoms with Gasteiger partial charge in [0, 0.05) is 30.7 Å². The molecular formula is C15H23ClN2O. The summed E-state index contributed by atoms with van der Waals surface area (Å²) in [4.78, 5) is 2.51. The minimum Gasteiger partial charge on any atom is -0.374 e. The van der Waals surface area contributed by atoms with Gasteiger partial charge in [-0.15, -0.1) is 0 Å². The van der Waals surface area contributed by atoms with E-state index >= 15 is 0 Å². The van der Waals surface area contributed by atoms with E-state index in [2.05, 4.69) is 29.3 Å². The summed E-state index contributed by atoms with van der Waals surface area (Å²) in [5, 5.41) is 3.99. The quantitative estimate of drug-likeness (QED) is 0.896. The lowest BCUT2D eigenvalue weighted by Gasteiger charge is -2.37. The van der Waals surface area contributed by atoms with Crippen LogP contribution in [0.5, 0.6) is 0 Å². The molecule has 0 saturated carbocycles. The molecule has 0 amide bonds. The molecule has 106 valence electrons. The van der Waals surface area contributed by atoms with E-state index in [1.165, 1.54) is 5.56 Å². The molecule has 0 aliphatic carbocycles. The molecule has 0 radical (unpaired) electrons. The third-order valence-electron chi connectivity index (χ3n) is 3.67. The van der Waals surface area contributed by atoms with Crippen molar-refractivity contribution in [2.24, 2.45) is 0 Å².